The fraction of sp³-hybridized carbons (Fsp3) is 0.560. The van der Waals surface area contributed by atoms with Crippen LogP contribution in [0, 0.1) is 35.5 Å². The Labute approximate surface area is 177 Å². The average Bonchev–Trinajstić information content (AvgIpc) is 3.54. The number of hydrogen-bond donors (Lipinski definition) is 1. The number of amides is 3. The normalized spacial score (nSPS) is 34.0. The van der Waals surface area contributed by atoms with E-state index in [1.54, 1.807) is 0 Å². The molecule has 7 atom stereocenters. The minimum absolute atomic E-state index is 0.00270. The van der Waals surface area contributed by atoms with Gasteiger partial charge in [0.05, 0.1) is 17.9 Å². The molecule has 2 saturated carbocycles. The molecule has 5 heteroatoms. The van der Waals surface area contributed by atoms with Gasteiger partial charge < -0.3 is 5.32 Å². The molecule has 5 aliphatic rings. The van der Waals surface area contributed by atoms with Gasteiger partial charge in [-0.1, -0.05) is 48.9 Å². The molecule has 1 aliphatic heterocycles. The Morgan fingerprint density at radius 2 is 1.63 bits per heavy atom. The number of imide groups is 1. The van der Waals surface area contributed by atoms with E-state index in [1.165, 1.54) is 11.3 Å². The van der Waals surface area contributed by atoms with Crippen LogP contribution in [0.25, 0.3) is 0 Å². The summed E-state index contributed by atoms with van der Waals surface area (Å²) < 4.78 is 0. The van der Waals surface area contributed by atoms with Gasteiger partial charge in [-0.25, -0.2) is 0 Å². The van der Waals surface area contributed by atoms with E-state index in [0.717, 1.165) is 24.8 Å². The second-order valence-electron chi connectivity index (χ2n) is 9.49. The summed E-state index contributed by atoms with van der Waals surface area (Å²) in [5.74, 6) is 1.86. The van der Waals surface area contributed by atoms with Gasteiger partial charge in [0.1, 0.15) is 0 Å². The highest BCUT2D eigenvalue weighted by atomic mass is 16.2. The summed E-state index contributed by atoms with van der Waals surface area (Å²) in [6.45, 7) is 2.49. The second-order valence-corrected chi connectivity index (χ2v) is 9.49. The molecule has 3 fully saturated rings. The van der Waals surface area contributed by atoms with Gasteiger partial charge in [-0.15, -0.1) is 0 Å². The molecule has 30 heavy (non-hydrogen) atoms. The Kier molecular flexibility index (Phi) is 5.00. The molecule has 2 bridgehead atoms. The van der Waals surface area contributed by atoms with E-state index in [9.17, 15) is 14.4 Å². The third-order valence-electron chi connectivity index (χ3n) is 7.72. The van der Waals surface area contributed by atoms with Gasteiger partial charge in [0, 0.05) is 13.0 Å². The average molecular weight is 407 g/mol. The largest absolute Gasteiger partial charge is 0.350 e. The van der Waals surface area contributed by atoms with Crippen LogP contribution in [0.1, 0.15) is 50.6 Å². The maximum absolute atomic E-state index is 12.9. The Morgan fingerprint density at radius 1 is 1.00 bits per heavy atom. The van der Waals surface area contributed by atoms with Crippen molar-refractivity contribution in [1.82, 2.24) is 10.2 Å². The first-order chi connectivity index (χ1) is 14.6. The minimum Gasteiger partial charge on any atom is -0.350 e. The lowest BCUT2D eigenvalue weighted by Crippen LogP contribution is -2.40. The van der Waals surface area contributed by atoms with E-state index in [2.05, 4.69) is 17.5 Å². The number of carbonyl (C=O) groups excluding carboxylic acids is 3. The highest BCUT2D eigenvalue weighted by molar-refractivity contribution is 6.06. The van der Waals surface area contributed by atoms with Crippen molar-refractivity contribution >= 4 is 17.7 Å². The molecule has 1 aromatic carbocycles. The van der Waals surface area contributed by atoms with E-state index in [1.807, 2.05) is 37.3 Å². The maximum Gasteiger partial charge on any atom is 0.233 e. The molecular weight excluding hydrogens is 376 g/mol. The molecule has 1 N–H and O–H groups in total. The molecule has 4 aliphatic carbocycles. The van der Waals surface area contributed by atoms with Crippen molar-refractivity contribution in [1.29, 1.82) is 0 Å². The van der Waals surface area contributed by atoms with E-state index < -0.39 is 0 Å². The maximum atomic E-state index is 12.9. The van der Waals surface area contributed by atoms with Crippen molar-refractivity contribution in [2.45, 2.75) is 45.1 Å². The molecule has 5 nitrogen and oxygen atoms in total. The molecule has 0 spiro atoms. The molecule has 158 valence electrons. The molecule has 1 aromatic rings. The van der Waals surface area contributed by atoms with Crippen molar-refractivity contribution < 1.29 is 14.4 Å². The standard InChI is InChI=1S/C25H30N2O3/c1-15(16-8-4-2-5-9-16)26-21(28)10-6-3-7-13-27-24(29)22-17-11-12-18(20-14-19(17)20)23(22)25(27)30/h2,4-5,8-9,11-12,15,17-20,22-23H,3,6-7,10,13-14H2,1H3,(H,26,28). The van der Waals surface area contributed by atoms with Crippen LogP contribution in [-0.4, -0.2) is 29.2 Å². The van der Waals surface area contributed by atoms with Crippen LogP contribution < -0.4 is 5.32 Å². The Morgan fingerprint density at radius 3 is 2.27 bits per heavy atom. The Balaban J connectivity index is 1.05. The number of carbonyl (C=O) groups is 3. The topological polar surface area (TPSA) is 66.5 Å². The SMILES string of the molecule is CC(NC(=O)CCCCCN1C(=O)C2C3C=CC(C4CC34)C2C1=O)c1ccccc1. The van der Waals surface area contributed by atoms with Crippen LogP contribution in [0.15, 0.2) is 42.5 Å². The Hall–Kier alpha value is -2.43. The van der Waals surface area contributed by atoms with Gasteiger partial charge in [0.25, 0.3) is 0 Å². The van der Waals surface area contributed by atoms with Crippen LogP contribution in [-0.2, 0) is 14.4 Å². The summed E-state index contributed by atoms with van der Waals surface area (Å²) in [4.78, 5) is 39.6. The zero-order valence-corrected chi connectivity index (χ0v) is 17.5. The van der Waals surface area contributed by atoms with Crippen LogP contribution in [0.4, 0.5) is 0 Å². The number of rotatable bonds is 8. The number of nitrogens with one attached hydrogen (secondary N) is 1. The van der Waals surface area contributed by atoms with Gasteiger partial charge in [0.15, 0.2) is 0 Å². The van der Waals surface area contributed by atoms with Gasteiger partial charge >= 0.3 is 0 Å². The van der Waals surface area contributed by atoms with E-state index in [-0.39, 0.29) is 35.6 Å². The fourth-order valence-electron chi connectivity index (χ4n) is 6.11. The van der Waals surface area contributed by atoms with Crippen LogP contribution >= 0.6 is 0 Å². The molecule has 1 heterocycles. The second kappa shape index (κ2) is 7.68. The van der Waals surface area contributed by atoms with Crippen LogP contribution in [0.3, 0.4) is 0 Å². The molecule has 6 rings (SSSR count). The lowest BCUT2D eigenvalue weighted by molar-refractivity contribution is -0.140. The molecule has 1 saturated heterocycles. The fourth-order valence-corrected chi connectivity index (χ4v) is 6.11. The van der Waals surface area contributed by atoms with Crippen molar-refractivity contribution in [2.75, 3.05) is 6.54 Å². The summed E-state index contributed by atoms with van der Waals surface area (Å²) in [7, 11) is 0. The van der Waals surface area contributed by atoms with Gasteiger partial charge in [0.2, 0.25) is 17.7 Å². The predicted octanol–water partition coefficient (Wildman–Crippen LogP) is 3.48. The van der Waals surface area contributed by atoms with Gasteiger partial charge in [-0.05, 0) is 55.4 Å². The van der Waals surface area contributed by atoms with Crippen molar-refractivity contribution in [3.63, 3.8) is 0 Å². The minimum atomic E-state index is -0.0958. The third-order valence-corrected chi connectivity index (χ3v) is 7.72. The quantitative estimate of drug-likeness (QED) is 0.408. The summed E-state index contributed by atoms with van der Waals surface area (Å²) >= 11 is 0. The zero-order chi connectivity index (χ0) is 20.8. The van der Waals surface area contributed by atoms with Crippen molar-refractivity contribution in [2.24, 2.45) is 35.5 Å². The van der Waals surface area contributed by atoms with E-state index >= 15 is 0 Å². The summed E-state index contributed by atoms with van der Waals surface area (Å²) in [6, 6.07) is 9.93. The lowest BCUT2D eigenvalue weighted by Gasteiger charge is -2.37. The number of nitrogens with zero attached hydrogens (tertiary/aromatic N) is 1. The van der Waals surface area contributed by atoms with Gasteiger partial charge in [-0.3, -0.25) is 19.3 Å². The van der Waals surface area contributed by atoms with E-state index in [4.69, 9.17) is 0 Å². The first-order valence-electron chi connectivity index (χ1n) is 11.4. The van der Waals surface area contributed by atoms with E-state index in [0.29, 0.717) is 36.6 Å². The number of likely N-dealkylation sites (tertiary alicyclic amines) is 1. The van der Waals surface area contributed by atoms with Crippen molar-refractivity contribution in [3.05, 3.63) is 48.0 Å². The first-order valence-corrected chi connectivity index (χ1v) is 11.4. The highest BCUT2D eigenvalue weighted by Crippen LogP contribution is 2.65. The summed E-state index contributed by atoms with van der Waals surface area (Å²) in [6.07, 6.45) is 8.48. The third kappa shape index (κ3) is 3.28. The molecule has 0 aromatic heterocycles. The van der Waals surface area contributed by atoms with Crippen molar-refractivity contribution in [3.8, 4) is 0 Å². The summed E-state index contributed by atoms with van der Waals surface area (Å²) in [5.41, 5.74) is 1.10. The van der Waals surface area contributed by atoms with Crippen LogP contribution in [0.5, 0.6) is 0 Å². The summed E-state index contributed by atoms with van der Waals surface area (Å²) in [5, 5.41) is 3.04. The molecular formula is C25H30N2O3. The molecule has 7 unspecified atom stereocenters. The Bertz CT molecular complexity index is 844. The monoisotopic (exact) mass is 406 g/mol. The van der Waals surface area contributed by atoms with Gasteiger partial charge in [-0.2, -0.15) is 0 Å². The lowest BCUT2D eigenvalue weighted by atomic mass is 9.63. The zero-order valence-electron chi connectivity index (χ0n) is 17.5. The molecule has 3 amide bonds. The number of benzene rings is 1. The number of hydrogen-bond acceptors (Lipinski definition) is 3. The number of allylic oxidation sites excluding steroid dienone is 2. The van der Waals surface area contributed by atoms with Crippen LogP contribution in [0.2, 0.25) is 0 Å². The smallest absolute Gasteiger partial charge is 0.233 e. The highest BCUT2D eigenvalue weighted by Gasteiger charge is 2.66. The predicted molar refractivity (Wildman–Crippen MR) is 113 cm³/mol. The molecule has 0 radical (unpaired) electrons. The first kappa shape index (κ1) is 19.5. The number of unbranched alkanes of at least 4 members (excludes halogenated alkanes) is 2.